The predicted molar refractivity (Wildman–Crippen MR) is 128 cm³/mol. The number of carbonyl (C=O) groups is 1. The maximum Gasteiger partial charge on any atom is 0.252 e. The Morgan fingerprint density at radius 2 is 1.55 bits per heavy atom. The first-order valence-corrected chi connectivity index (χ1v) is 12.7. The second-order valence-electron chi connectivity index (χ2n) is 8.73. The molecule has 0 bridgehead atoms. The number of amides is 1. The van der Waals surface area contributed by atoms with E-state index in [1.165, 1.54) is 0 Å². The van der Waals surface area contributed by atoms with Crippen LogP contribution in [0.1, 0.15) is 55.4 Å². The second-order valence-corrected chi connectivity index (χ2v) is 14.3. The van der Waals surface area contributed by atoms with Gasteiger partial charge in [0.05, 0.1) is 11.2 Å². The number of anilines is 1. The van der Waals surface area contributed by atoms with Gasteiger partial charge < -0.3 is 5.32 Å². The van der Waals surface area contributed by atoms with Crippen LogP contribution in [-0.4, -0.2) is 19.0 Å². The van der Waals surface area contributed by atoms with E-state index in [1.54, 1.807) is 6.20 Å². The Hall–Kier alpha value is -2.38. The van der Waals surface area contributed by atoms with Crippen LogP contribution in [0.3, 0.4) is 0 Å². The van der Waals surface area contributed by atoms with Gasteiger partial charge >= 0.3 is 0 Å². The van der Waals surface area contributed by atoms with Crippen molar-refractivity contribution in [3.05, 3.63) is 47.7 Å². The predicted octanol–water partition coefficient (Wildman–Crippen LogP) is 6.73. The first-order chi connectivity index (χ1) is 13.6. The number of rotatable bonds is 5. The van der Waals surface area contributed by atoms with E-state index < -0.39 is 8.07 Å². The lowest BCUT2D eigenvalue weighted by atomic mass is 10.1. The van der Waals surface area contributed by atoms with Gasteiger partial charge in [-0.25, -0.2) is 0 Å². The Bertz CT molecular complexity index is 950. The van der Waals surface area contributed by atoms with Gasteiger partial charge in [-0.15, -0.1) is 5.54 Å². The fourth-order valence-electron chi connectivity index (χ4n) is 4.32. The molecule has 0 radical (unpaired) electrons. The summed E-state index contributed by atoms with van der Waals surface area (Å²) in [5.74, 6) is 3.26. The van der Waals surface area contributed by atoms with Gasteiger partial charge in [-0.2, -0.15) is 0 Å². The number of allylic oxidation sites excluding steroid dienone is 1. The number of benzene rings is 1. The number of nitrogens with zero attached hydrogens (tertiary/aromatic N) is 1. The summed E-state index contributed by atoms with van der Waals surface area (Å²) in [4.78, 5) is 17.3. The van der Waals surface area contributed by atoms with E-state index in [0.717, 1.165) is 22.2 Å². The van der Waals surface area contributed by atoms with Crippen LogP contribution in [-0.2, 0) is 4.79 Å². The molecule has 29 heavy (non-hydrogen) atoms. The van der Waals surface area contributed by atoms with E-state index >= 15 is 0 Å². The van der Waals surface area contributed by atoms with E-state index in [9.17, 15) is 4.79 Å². The summed E-state index contributed by atoms with van der Waals surface area (Å²) in [5, 5.41) is 4.02. The molecule has 0 atom stereocenters. The number of nitrogens with one attached hydrogen (secondary N) is 1. The van der Waals surface area contributed by atoms with Gasteiger partial charge in [-0.05, 0) is 42.6 Å². The van der Waals surface area contributed by atoms with Gasteiger partial charge in [0.25, 0.3) is 5.91 Å². The van der Waals surface area contributed by atoms with Crippen molar-refractivity contribution >= 4 is 30.6 Å². The third-order valence-corrected chi connectivity index (χ3v) is 12.4. The molecule has 4 heteroatoms. The van der Waals surface area contributed by atoms with Gasteiger partial charge in [-0.1, -0.05) is 65.7 Å². The van der Waals surface area contributed by atoms with Crippen molar-refractivity contribution in [1.82, 2.24) is 4.98 Å². The minimum absolute atomic E-state index is 0.124. The molecular formula is C25H34N2OSi. The molecule has 3 nitrogen and oxygen atoms in total. The van der Waals surface area contributed by atoms with E-state index in [1.807, 2.05) is 44.2 Å². The molecule has 2 aromatic rings. The summed E-state index contributed by atoms with van der Waals surface area (Å²) in [6.07, 6.45) is 1.74. The Balaban J connectivity index is 2.35. The fraction of sp³-hybridized carbons (Fsp3) is 0.440. The molecule has 1 heterocycles. The number of para-hydroxylation sites is 1. The molecule has 0 unspecified atom stereocenters. The first-order valence-electron chi connectivity index (χ1n) is 10.5. The number of carbonyl (C=O) groups excluding carboxylic acids is 1. The Labute approximate surface area is 177 Å². The van der Waals surface area contributed by atoms with Crippen LogP contribution in [0.4, 0.5) is 5.69 Å². The van der Waals surface area contributed by atoms with Crippen LogP contribution >= 0.6 is 0 Å². The van der Waals surface area contributed by atoms with Crippen molar-refractivity contribution in [3.8, 4) is 11.5 Å². The summed E-state index contributed by atoms with van der Waals surface area (Å²) in [5.41, 5.74) is 8.43. The van der Waals surface area contributed by atoms with Gasteiger partial charge in [0.1, 0.15) is 8.07 Å². The molecule has 0 aliphatic rings. The van der Waals surface area contributed by atoms with Crippen molar-refractivity contribution in [2.45, 2.75) is 72.0 Å². The summed E-state index contributed by atoms with van der Waals surface area (Å²) in [6, 6.07) is 9.69. The van der Waals surface area contributed by atoms with E-state index in [-0.39, 0.29) is 5.91 Å². The summed E-state index contributed by atoms with van der Waals surface area (Å²) in [7, 11) is -1.82. The molecule has 0 aliphatic heterocycles. The molecule has 0 aliphatic carbocycles. The smallest absolute Gasteiger partial charge is 0.252 e. The van der Waals surface area contributed by atoms with Crippen molar-refractivity contribution < 1.29 is 4.79 Å². The highest BCUT2D eigenvalue weighted by Gasteiger charge is 2.41. The second kappa shape index (κ2) is 9.41. The van der Waals surface area contributed by atoms with Crippen LogP contribution in [0, 0.1) is 11.5 Å². The van der Waals surface area contributed by atoms with Crippen molar-refractivity contribution in [2.75, 3.05) is 5.32 Å². The molecule has 1 aromatic heterocycles. The summed E-state index contributed by atoms with van der Waals surface area (Å²) in [6.45, 7) is 17.6. The minimum atomic E-state index is -1.82. The Morgan fingerprint density at radius 3 is 2.14 bits per heavy atom. The lowest BCUT2D eigenvalue weighted by Crippen LogP contribution is -2.43. The zero-order valence-corrected chi connectivity index (χ0v) is 20.1. The van der Waals surface area contributed by atoms with Gasteiger partial charge in [0, 0.05) is 22.7 Å². The highest BCUT2D eigenvalue weighted by atomic mass is 28.3. The zero-order chi connectivity index (χ0) is 21.8. The monoisotopic (exact) mass is 406 g/mol. The third kappa shape index (κ3) is 4.79. The molecule has 0 spiro atoms. The topological polar surface area (TPSA) is 42.0 Å². The average molecular weight is 407 g/mol. The quantitative estimate of drug-likeness (QED) is 0.340. The standard InChI is InChI=1S/C25H34N2OSi/c1-17(2)29(18(3)4,19(5)6)16-14-20(7)21(8)25(28)27-23-13-9-11-22-12-10-15-26-24(22)23/h9-13,15,17-19H,1-8H3,(H,27,28)/b21-20-. The molecule has 2 rings (SSSR count). The lowest BCUT2D eigenvalue weighted by molar-refractivity contribution is -0.112. The fourth-order valence-corrected chi connectivity index (χ4v) is 9.59. The minimum Gasteiger partial charge on any atom is -0.320 e. The van der Waals surface area contributed by atoms with E-state index in [0.29, 0.717) is 22.2 Å². The normalized spacial score (nSPS) is 12.8. The maximum atomic E-state index is 12.9. The number of hydrogen-bond donors (Lipinski definition) is 1. The Morgan fingerprint density at radius 1 is 0.966 bits per heavy atom. The largest absolute Gasteiger partial charge is 0.320 e. The molecule has 154 valence electrons. The first kappa shape index (κ1) is 22.9. The third-order valence-electron chi connectivity index (χ3n) is 6.12. The van der Waals surface area contributed by atoms with Crippen LogP contribution in [0.2, 0.25) is 16.6 Å². The number of fused-ring (bicyclic) bond motifs is 1. The number of hydrogen-bond acceptors (Lipinski definition) is 2. The van der Waals surface area contributed by atoms with Crippen molar-refractivity contribution in [3.63, 3.8) is 0 Å². The maximum absolute atomic E-state index is 12.9. The van der Waals surface area contributed by atoms with Crippen LogP contribution < -0.4 is 5.32 Å². The SMILES string of the molecule is C/C(C#C[Si](C(C)C)(C(C)C)C(C)C)=C(\C)C(=O)Nc1cccc2cccnc12. The Kier molecular flexibility index (Phi) is 7.43. The van der Waals surface area contributed by atoms with Gasteiger partial charge in [0.2, 0.25) is 0 Å². The molecule has 0 saturated heterocycles. The van der Waals surface area contributed by atoms with Gasteiger partial charge in [-0.3, -0.25) is 9.78 Å². The molecule has 1 aromatic carbocycles. The molecule has 1 amide bonds. The zero-order valence-electron chi connectivity index (χ0n) is 19.1. The summed E-state index contributed by atoms with van der Waals surface area (Å²) < 4.78 is 0. The molecule has 1 N–H and O–H groups in total. The molecular weight excluding hydrogens is 372 g/mol. The van der Waals surface area contributed by atoms with Crippen LogP contribution in [0.25, 0.3) is 10.9 Å². The lowest BCUT2D eigenvalue weighted by Gasteiger charge is -2.38. The van der Waals surface area contributed by atoms with E-state index in [4.69, 9.17) is 0 Å². The molecule has 0 saturated carbocycles. The highest BCUT2D eigenvalue weighted by molar-refractivity contribution is 6.90. The van der Waals surface area contributed by atoms with Crippen molar-refractivity contribution in [2.24, 2.45) is 0 Å². The van der Waals surface area contributed by atoms with Crippen LogP contribution in [0.5, 0.6) is 0 Å². The van der Waals surface area contributed by atoms with Crippen LogP contribution in [0.15, 0.2) is 47.7 Å². The summed E-state index contributed by atoms with van der Waals surface area (Å²) >= 11 is 0. The van der Waals surface area contributed by atoms with E-state index in [2.05, 4.69) is 63.3 Å². The number of aromatic nitrogens is 1. The molecule has 0 fully saturated rings. The average Bonchev–Trinajstić information content (AvgIpc) is 2.67. The number of pyridine rings is 1. The van der Waals surface area contributed by atoms with Crippen molar-refractivity contribution in [1.29, 1.82) is 0 Å². The highest BCUT2D eigenvalue weighted by Crippen LogP contribution is 2.40. The van der Waals surface area contributed by atoms with Gasteiger partial charge in [0.15, 0.2) is 0 Å².